The van der Waals surface area contributed by atoms with Crippen LogP contribution in [0.3, 0.4) is 0 Å². The maximum atomic E-state index is 11.1. The number of nitrogens with two attached hydrogens (primary N) is 1. The van der Waals surface area contributed by atoms with Gasteiger partial charge in [0.15, 0.2) is 0 Å². The highest BCUT2D eigenvalue weighted by Gasteiger charge is 2.05. The van der Waals surface area contributed by atoms with Gasteiger partial charge >= 0.3 is 0 Å². The van der Waals surface area contributed by atoms with Crippen molar-refractivity contribution in [3.05, 3.63) is 64.7 Å². The molecular weight excluding hydrogens is 264 g/mol. The second kappa shape index (κ2) is 6.90. The molecule has 4 heteroatoms. The molecule has 0 atom stereocenters. The largest absolute Gasteiger partial charge is 0.381 e. The third-order valence-corrected chi connectivity index (χ3v) is 3.40. The molecule has 0 aliphatic carbocycles. The molecule has 0 bridgehead atoms. The molecule has 2 rings (SSSR count). The third kappa shape index (κ3) is 3.83. The summed E-state index contributed by atoms with van der Waals surface area (Å²) in [6, 6.07) is 13.6. The fourth-order valence-electron chi connectivity index (χ4n) is 2.23. The van der Waals surface area contributed by atoms with Gasteiger partial charge in [0.05, 0.1) is 6.61 Å². The van der Waals surface area contributed by atoms with Crippen molar-refractivity contribution in [1.29, 1.82) is 0 Å². The van der Waals surface area contributed by atoms with Crippen molar-refractivity contribution in [3.8, 4) is 0 Å². The van der Waals surface area contributed by atoms with Crippen LogP contribution in [0.25, 0.3) is 0 Å². The van der Waals surface area contributed by atoms with E-state index in [-0.39, 0.29) is 0 Å². The number of amides is 1. The number of rotatable bonds is 6. The van der Waals surface area contributed by atoms with E-state index in [1.165, 1.54) is 11.1 Å². The van der Waals surface area contributed by atoms with Gasteiger partial charge in [-0.05, 0) is 41.8 Å². The van der Waals surface area contributed by atoms with Crippen molar-refractivity contribution >= 4 is 11.6 Å². The minimum Gasteiger partial charge on any atom is -0.381 e. The highest BCUT2D eigenvalue weighted by atomic mass is 16.5. The summed E-state index contributed by atoms with van der Waals surface area (Å²) >= 11 is 0. The standard InChI is InChI=1S/C17H20N2O2/c1-12-9-13(17(18)20)7-8-16(12)19-10-14-5-3-4-6-15(14)11-21-2/h3-9,19H,10-11H2,1-2H3,(H2,18,20). The van der Waals surface area contributed by atoms with E-state index in [1.54, 1.807) is 19.2 Å². The average Bonchev–Trinajstić information content (AvgIpc) is 2.47. The molecule has 3 N–H and O–H groups in total. The fraction of sp³-hybridized carbons (Fsp3) is 0.235. The van der Waals surface area contributed by atoms with Crippen molar-refractivity contribution in [2.75, 3.05) is 12.4 Å². The lowest BCUT2D eigenvalue weighted by Crippen LogP contribution is -2.11. The van der Waals surface area contributed by atoms with E-state index in [2.05, 4.69) is 17.4 Å². The van der Waals surface area contributed by atoms with Gasteiger partial charge in [-0.1, -0.05) is 24.3 Å². The van der Waals surface area contributed by atoms with E-state index in [4.69, 9.17) is 10.5 Å². The average molecular weight is 284 g/mol. The third-order valence-electron chi connectivity index (χ3n) is 3.40. The number of hydrogen-bond acceptors (Lipinski definition) is 3. The number of ether oxygens (including phenoxy) is 1. The van der Waals surface area contributed by atoms with E-state index in [1.807, 2.05) is 25.1 Å². The molecule has 0 aliphatic heterocycles. The van der Waals surface area contributed by atoms with Crippen LogP contribution in [0.15, 0.2) is 42.5 Å². The predicted molar refractivity (Wildman–Crippen MR) is 84.2 cm³/mol. The van der Waals surface area contributed by atoms with Crippen molar-refractivity contribution in [2.45, 2.75) is 20.1 Å². The molecule has 4 nitrogen and oxygen atoms in total. The quantitative estimate of drug-likeness (QED) is 0.857. The first-order valence-electron chi connectivity index (χ1n) is 6.82. The van der Waals surface area contributed by atoms with Crippen LogP contribution in [0.1, 0.15) is 27.0 Å². The maximum absolute atomic E-state index is 11.1. The normalized spacial score (nSPS) is 10.4. The molecule has 0 radical (unpaired) electrons. The highest BCUT2D eigenvalue weighted by Crippen LogP contribution is 2.18. The Morgan fingerprint density at radius 1 is 1.19 bits per heavy atom. The SMILES string of the molecule is COCc1ccccc1CNc1ccc(C(N)=O)cc1C. The smallest absolute Gasteiger partial charge is 0.248 e. The lowest BCUT2D eigenvalue weighted by Gasteiger charge is -2.13. The van der Waals surface area contributed by atoms with E-state index in [0.717, 1.165) is 11.3 Å². The Morgan fingerprint density at radius 3 is 2.52 bits per heavy atom. The molecule has 0 unspecified atom stereocenters. The van der Waals surface area contributed by atoms with Crippen LogP contribution in [0.2, 0.25) is 0 Å². The van der Waals surface area contributed by atoms with Gasteiger partial charge in [0.25, 0.3) is 0 Å². The van der Waals surface area contributed by atoms with Crippen LogP contribution in [0.4, 0.5) is 5.69 Å². The molecule has 0 spiro atoms. The van der Waals surface area contributed by atoms with Crippen molar-refractivity contribution in [3.63, 3.8) is 0 Å². The number of benzene rings is 2. The Balaban J connectivity index is 2.11. The topological polar surface area (TPSA) is 64.3 Å². The summed E-state index contributed by atoms with van der Waals surface area (Å²) in [4.78, 5) is 11.1. The lowest BCUT2D eigenvalue weighted by molar-refractivity contribution is 0.1000. The Labute approximate surface area is 124 Å². The van der Waals surface area contributed by atoms with Crippen LogP contribution >= 0.6 is 0 Å². The molecule has 0 saturated heterocycles. The number of carbonyl (C=O) groups is 1. The molecular formula is C17H20N2O2. The molecule has 0 fully saturated rings. The van der Waals surface area contributed by atoms with E-state index in [0.29, 0.717) is 18.7 Å². The number of carbonyl (C=O) groups excluding carboxylic acids is 1. The van der Waals surface area contributed by atoms with Crippen LogP contribution < -0.4 is 11.1 Å². The van der Waals surface area contributed by atoms with Gasteiger partial charge in [0, 0.05) is 24.9 Å². The minimum atomic E-state index is -0.407. The van der Waals surface area contributed by atoms with Gasteiger partial charge in [-0.15, -0.1) is 0 Å². The van der Waals surface area contributed by atoms with Gasteiger partial charge in [-0.2, -0.15) is 0 Å². The Bertz CT molecular complexity index is 638. The zero-order valence-corrected chi connectivity index (χ0v) is 12.3. The molecule has 2 aromatic carbocycles. The van der Waals surface area contributed by atoms with Crippen molar-refractivity contribution < 1.29 is 9.53 Å². The van der Waals surface area contributed by atoms with E-state index in [9.17, 15) is 4.79 Å². The number of hydrogen-bond donors (Lipinski definition) is 2. The first-order chi connectivity index (χ1) is 10.1. The number of methoxy groups -OCH3 is 1. The maximum Gasteiger partial charge on any atom is 0.248 e. The zero-order chi connectivity index (χ0) is 15.2. The molecule has 2 aromatic rings. The Hall–Kier alpha value is -2.33. The first-order valence-corrected chi connectivity index (χ1v) is 6.82. The van der Waals surface area contributed by atoms with E-state index >= 15 is 0 Å². The Morgan fingerprint density at radius 2 is 1.90 bits per heavy atom. The molecule has 1 amide bonds. The molecule has 0 saturated carbocycles. The summed E-state index contributed by atoms with van der Waals surface area (Å²) in [5, 5.41) is 3.39. The lowest BCUT2D eigenvalue weighted by atomic mass is 10.1. The highest BCUT2D eigenvalue weighted by molar-refractivity contribution is 5.93. The van der Waals surface area contributed by atoms with Crippen LogP contribution in [-0.4, -0.2) is 13.0 Å². The summed E-state index contributed by atoms with van der Waals surface area (Å²) in [7, 11) is 1.69. The number of anilines is 1. The molecule has 0 aromatic heterocycles. The summed E-state index contributed by atoms with van der Waals surface area (Å²) in [6.07, 6.45) is 0. The van der Waals surface area contributed by atoms with Gasteiger partial charge in [0.2, 0.25) is 5.91 Å². The summed E-state index contributed by atoms with van der Waals surface area (Å²) < 4.78 is 5.21. The minimum absolute atomic E-state index is 0.407. The molecule has 110 valence electrons. The van der Waals surface area contributed by atoms with Gasteiger partial charge in [0.1, 0.15) is 0 Å². The number of aryl methyl sites for hydroxylation is 1. The molecule has 0 aliphatic rings. The number of primary amides is 1. The molecule has 0 heterocycles. The number of nitrogens with one attached hydrogen (secondary N) is 1. The second-order valence-corrected chi connectivity index (χ2v) is 4.95. The summed E-state index contributed by atoms with van der Waals surface area (Å²) in [6.45, 7) is 3.25. The van der Waals surface area contributed by atoms with Crippen molar-refractivity contribution in [1.82, 2.24) is 0 Å². The van der Waals surface area contributed by atoms with Crippen LogP contribution in [0, 0.1) is 6.92 Å². The van der Waals surface area contributed by atoms with Gasteiger partial charge < -0.3 is 15.8 Å². The fourth-order valence-corrected chi connectivity index (χ4v) is 2.23. The van der Waals surface area contributed by atoms with Crippen LogP contribution in [-0.2, 0) is 17.9 Å². The van der Waals surface area contributed by atoms with Crippen LogP contribution in [0.5, 0.6) is 0 Å². The summed E-state index contributed by atoms with van der Waals surface area (Å²) in [5.41, 5.74) is 10.2. The Kier molecular flexibility index (Phi) is 4.95. The monoisotopic (exact) mass is 284 g/mol. The first kappa shape index (κ1) is 15.1. The summed E-state index contributed by atoms with van der Waals surface area (Å²) in [5.74, 6) is -0.407. The zero-order valence-electron chi connectivity index (χ0n) is 12.3. The van der Waals surface area contributed by atoms with Gasteiger partial charge in [-0.3, -0.25) is 4.79 Å². The second-order valence-electron chi connectivity index (χ2n) is 4.95. The van der Waals surface area contributed by atoms with Crippen molar-refractivity contribution in [2.24, 2.45) is 5.73 Å². The predicted octanol–water partition coefficient (Wildman–Crippen LogP) is 2.85. The van der Waals surface area contributed by atoms with E-state index < -0.39 is 5.91 Å². The van der Waals surface area contributed by atoms with Gasteiger partial charge in [-0.25, -0.2) is 0 Å². The molecule has 21 heavy (non-hydrogen) atoms.